The minimum absolute atomic E-state index is 0.0931. The van der Waals surface area contributed by atoms with Gasteiger partial charge in [0.25, 0.3) is 5.56 Å². The molecule has 158 valence electrons. The molecule has 0 radical (unpaired) electrons. The van der Waals surface area contributed by atoms with E-state index in [2.05, 4.69) is 43.1 Å². The van der Waals surface area contributed by atoms with Crippen molar-refractivity contribution < 1.29 is 9.13 Å². The first-order chi connectivity index (χ1) is 14.5. The number of aryl methyl sites for hydroxylation is 2. The molecule has 0 bridgehead atoms. The number of nitrogens with zero attached hydrogens (tertiary/aromatic N) is 2. The Labute approximate surface area is 177 Å². The second-order valence-electron chi connectivity index (χ2n) is 7.61. The van der Waals surface area contributed by atoms with Crippen molar-refractivity contribution in [2.24, 2.45) is 0 Å². The van der Waals surface area contributed by atoms with Crippen LogP contribution in [0.5, 0.6) is 5.75 Å². The summed E-state index contributed by atoms with van der Waals surface area (Å²) in [4.78, 5) is 14.7. The highest BCUT2D eigenvalue weighted by Gasteiger charge is 2.03. The van der Waals surface area contributed by atoms with E-state index in [1.165, 1.54) is 29.3 Å². The number of rotatable bonds is 10. The third-order valence-electron chi connectivity index (χ3n) is 5.01. The van der Waals surface area contributed by atoms with Crippen LogP contribution < -0.4 is 10.3 Å². The Hall–Kier alpha value is -2.92. The lowest BCUT2D eigenvalue weighted by Crippen LogP contribution is -2.20. The van der Waals surface area contributed by atoms with E-state index in [1.54, 1.807) is 29.0 Å². The maximum atomic E-state index is 13.0. The molecule has 3 aromatic rings. The molecule has 30 heavy (non-hydrogen) atoms. The van der Waals surface area contributed by atoms with Gasteiger partial charge in [0.1, 0.15) is 18.2 Å². The minimum atomic E-state index is -0.278. The molecule has 0 aliphatic heterocycles. The van der Waals surface area contributed by atoms with Gasteiger partial charge >= 0.3 is 0 Å². The van der Waals surface area contributed by atoms with Crippen LogP contribution in [0.3, 0.4) is 0 Å². The zero-order valence-electron chi connectivity index (χ0n) is 17.7. The molecule has 0 aliphatic carbocycles. The van der Waals surface area contributed by atoms with Crippen LogP contribution >= 0.6 is 0 Å². The highest BCUT2D eigenvalue weighted by molar-refractivity contribution is 5.23. The number of hydrogen-bond acceptors (Lipinski definition) is 3. The Kier molecular flexibility index (Phi) is 7.80. The van der Waals surface area contributed by atoms with Gasteiger partial charge < -0.3 is 14.2 Å². The highest BCUT2D eigenvalue weighted by atomic mass is 19.1. The van der Waals surface area contributed by atoms with Crippen molar-refractivity contribution in [2.45, 2.75) is 39.5 Å². The van der Waals surface area contributed by atoms with Crippen LogP contribution in [-0.2, 0) is 26.1 Å². The summed E-state index contributed by atoms with van der Waals surface area (Å²) in [5, 5.41) is 0. The second kappa shape index (κ2) is 10.7. The Balaban J connectivity index is 1.52. The number of ether oxygens (including phenoxy) is 1. The Morgan fingerprint density at radius 1 is 0.967 bits per heavy atom. The van der Waals surface area contributed by atoms with Gasteiger partial charge in [-0.1, -0.05) is 43.3 Å². The van der Waals surface area contributed by atoms with Crippen LogP contribution in [0.25, 0.3) is 0 Å². The quantitative estimate of drug-likeness (QED) is 0.490. The van der Waals surface area contributed by atoms with E-state index >= 15 is 0 Å². The molecule has 2 aromatic carbocycles. The molecule has 0 spiro atoms. The molecule has 3 rings (SSSR count). The lowest BCUT2D eigenvalue weighted by atomic mass is 10.1. The molecule has 1 aromatic heterocycles. The summed E-state index contributed by atoms with van der Waals surface area (Å²) in [5.74, 6) is 0.237. The average Bonchev–Trinajstić information content (AvgIpc) is 2.74. The SMILES string of the molecule is CCCN(C)Cc1ccc(CCn2ccc(OCc3ccc(F)cc3)cc2=O)cc1. The van der Waals surface area contributed by atoms with Crippen molar-refractivity contribution in [1.29, 1.82) is 0 Å². The molecule has 0 amide bonds. The van der Waals surface area contributed by atoms with Gasteiger partial charge in [-0.15, -0.1) is 0 Å². The first-order valence-corrected chi connectivity index (χ1v) is 10.4. The summed E-state index contributed by atoms with van der Waals surface area (Å²) in [6.07, 6.45) is 3.70. The normalized spacial score (nSPS) is 11.1. The lowest BCUT2D eigenvalue weighted by Gasteiger charge is -2.15. The molecule has 4 nitrogen and oxygen atoms in total. The fraction of sp³-hybridized carbons (Fsp3) is 0.320. The summed E-state index contributed by atoms with van der Waals surface area (Å²) in [5.41, 5.74) is 3.27. The second-order valence-corrected chi connectivity index (χ2v) is 7.61. The van der Waals surface area contributed by atoms with Gasteiger partial charge in [-0.3, -0.25) is 4.79 Å². The molecule has 0 fully saturated rings. The topological polar surface area (TPSA) is 34.5 Å². The van der Waals surface area contributed by atoms with Gasteiger partial charge in [-0.05, 0) is 61.3 Å². The van der Waals surface area contributed by atoms with Crippen molar-refractivity contribution in [3.63, 3.8) is 0 Å². The predicted molar refractivity (Wildman–Crippen MR) is 118 cm³/mol. The van der Waals surface area contributed by atoms with Crippen molar-refractivity contribution in [3.05, 3.63) is 99.7 Å². The van der Waals surface area contributed by atoms with E-state index in [0.717, 1.165) is 31.5 Å². The molecule has 5 heteroatoms. The summed E-state index contributed by atoms with van der Waals surface area (Å²) in [6.45, 7) is 5.14. The molecule has 1 heterocycles. The Bertz CT molecular complexity index is 981. The largest absolute Gasteiger partial charge is 0.489 e. The number of halogens is 1. The van der Waals surface area contributed by atoms with Gasteiger partial charge in [-0.25, -0.2) is 4.39 Å². The molecule has 0 aliphatic rings. The first-order valence-electron chi connectivity index (χ1n) is 10.4. The molecule has 0 N–H and O–H groups in total. The maximum Gasteiger partial charge on any atom is 0.254 e. The van der Waals surface area contributed by atoms with Crippen LogP contribution in [0.15, 0.2) is 71.7 Å². The highest BCUT2D eigenvalue weighted by Crippen LogP contribution is 2.12. The number of hydrogen-bond donors (Lipinski definition) is 0. The fourth-order valence-corrected chi connectivity index (χ4v) is 3.34. The zero-order chi connectivity index (χ0) is 21.3. The van der Waals surface area contributed by atoms with E-state index in [0.29, 0.717) is 18.9 Å². The van der Waals surface area contributed by atoms with E-state index in [4.69, 9.17) is 4.74 Å². The first kappa shape index (κ1) is 21.8. The summed E-state index contributed by atoms with van der Waals surface area (Å²) in [7, 11) is 2.14. The third-order valence-corrected chi connectivity index (χ3v) is 5.01. The van der Waals surface area contributed by atoms with Crippen LogP contribution in [0.2, 0.25) is 0 Å². The van der Waals surface area contributed by atoms with E-state index in [9.17, 15) is 9.18 Å². The number of benzene rings is 2. The summed E-state index contributed by atoms with van der Waals surface area (Å²) in [6, 6.07) is 18.0. The number of aromatic nitrogens is 1. The van der Waals surface area contributed by atoms with Crippen LogP contribution in [0.4, 0.5) is 4.39 Å². The van der Waals surface area contributed by atoms with Crippen molar-refractivity contribution >= 4 is 0 Å². The maximum absolute atomic E-state index is 13.0. The van der Waals surface area contributed by atoms with Crippen molar-refractivity contribution in [1.82, 2.24) is 9.47 Å². The lowest BCUT2D eigenvalue weighted by molar-refractivity contribution is 0.304. The molecular weight excluding hydrogens is 379 g/mol. The van der Waals surface area contributed by atoms with E-state index < -0.39 is 0 Å². The van der Waals surface area contributed by atoms with Gasteiger partial charge in [0.05, 0.1) is 0 Å². The average molecular weight is 409 g/mol. The van der Waals surface area contributed by atoms with Gasteiger partial charge in [0, 0.05) is 25.4 Å². The van der Waals surface area contributed by atoms with Crippen LogP contribution in [0, 0.1) is 5.82 Å². The standard InChI is InChI=1S/C25H29FN2O2/c1-3-14-27(2)18-21-6-4-20(5-7-21)12-15-28-16-13-24(17-25(28)29)30-19-22-8-10-23(26)11-9-22/h4-11,13,16-17H,3,12,14-15,18-19H2,1-2H3. The van der Waals surface area contributed by atoms with Crippen molar-refractivity contribution in [2.75, 3.05) is 13.6 Å². The summed E-state index contributed by atoms with van der Waals surface area (Å²) < 4.78 is 20.3. The van der Waals surface area contributed by atoms with Crippen molar-refractivity contribution in [3.8, 4) is 5.75 Å². The third kappa shape index (κ3) is 6.56. The predicted octanol–water partition coefficient (Wildman–Crippen LogP) is 4.65. The smallest absolute Gasteiger partial charge is 0.254 e. The van der Waals surface area contributed by atoms with E-state index in [1.807, 2.05) is 0 Å². The molecular formula is C25H29FN2O2. The Morgan fingerprint density at radius 3 is 2.30 bits per heavy atom. The fourth-order valence-electron chi connectivity index (χ4n) is 3.34. The molecule has 0 atom stereocenters. The van der Waals surface area contributed by atoms with Gasteiger partial charge in [-0.2, -0.15) is 0 Å². The minimum Gasteiger partial charge on any atom is -0.489 e. The number of pyridine rings is 1. The van der Waals surface area contributed by atoms with Crippen LogP contribution in [-0.4, -0.2) is 23.1 Å². The van der Waals surface area contributed by atoms with Gasteiger partial charge in [0.15, 0.2) is 0 Å². The molecule has 0 saturated carbocycles. The Morgan fingerprint density at radius 2 is 1.63 bits per heavy atom. The van der Waals surface area contributed by atoms with E-state index in [-0.39, 0.29) is 11.4 Å². The van der Waals surface area contributed by atoms with Gasteiger partial charge in [0.2, 0.25) is 0 Å². The summed E-state index contributed by atoms with van der Waals surface area (Å²) >= 11 is 0. The molecule has 0 unspecified atom stereocenters. The monoisotopic (exact) mass is 408 g/mol. The van der Waals surface area contributed by atoms with Crippen LogP contribution in [0.1, 0.15) is 30.0 Å². The zero-order valence-corrected chi connectivity index (χ0v) is 17.7. The molecule has 0 saturated heterocycles.